The molecular weight excluding hydrogens is 156 g/mol. The van der Waals surface area contributed by atoms with E-state index in [1.54, 1.807) is 0 Å². The largest absolute Gasteiger partial charge is 0.330 e. The summed E-state index contributed by atoms with van der Waals surface area (Å²) >= 11 is 0.970. The summed E-state index contributed by atoms with van der Waals surface area (Å²) in [5, 5.41) is 0. The van der Waals surface area contributed by atoms with E-state index in [-0.39, 0.29) is 0 Å². The summed E-state index contributed by atoms with van der Waals surface area (Å²) in [6.07, 6.45) is 9.29. The Bertz CT molecular complexity index is 58.6. The molecule has 0 rings (SSSR count). The second-order valence-electron chi connectivity index (χ2n) is 2.95. The Morgan fingerprint density at radius 2 is 1.45 bits per heavy atom. The van der Waals surface area contributed by atoms with E-state index in [1.165, 1.54) is 44.9 Å². The first kappa shape index (κ1) is 11.3. The van der Waals surface area contributed by atoms with Gasteiger partial charge in [-0.3, -0.25) is 0 Å². The van der Waals surface area contributed by atoms with Gasteiger partial charge in [0.2, 0.25) is 0 Å². The van der Waals surface area contributed by atoms with Crippen molar-refractivity contribution >= 4 is 12.0 Å². The molecule has 0 fully saturated rings. The Morgan fingerprint density at radius 1 is 0.909 bits per heavy atom. The lowest BCUT2D eigenvalue weighted by Crippen LogP contribution is -1.81. The van der Waals surface area contributed by atoms with Crippen LogP contribution in [-0.2, 0) is 0 Å². The van der Waals surface area contributed by atoms with Gasteiger partial charge in [0.15, 0.2) is 0 Å². The molecule has 0 aromatic rings. The Kier molecular flexibility index (Phi) is 10.6. The summed E-state index contributed by atoms with van der Waals surface area (Å²) in [5.74, 6) is 0.910. The minimum Gasteiger partial charge on any atom is -0.330 e. The van der Waals surface area contributed by atoms with Crippen LogP contribution in [-0.4, -0.2) is 10.3 Å². The normalized spacial score (nSPS) is 10.4. The molecule has 0 heterocycles. The zero-order chi connectivity index (χ0) is 8.36. The Morgan fingerprint density at radius 3 is 2.00 bits per heavy atom. The lowest BCUT2D eigenvalue weighted by molar-refractivity contribution is 0.599. The second-order valence-corrected chi connectivity index (χ2v) is 3.62. The van der Waals surface area contributed by atoms with Gasteiger partial charge in [-0.15, -0.1) is 0 Å². The molecule has 2 heteroatoms. The Labute approximate surface area is 74.8 Å². The smallest absolute Gasteiger partial charge is 0.0195 e. The highest BCUT2D eigenvalue weighted by Crippen LogP contribution is 2.08. The van der Waals surface area contributed by atoms with Crippen LogP contribution in [0.15, 0.2) is 0 Å². The average Bonchev–Trinajstić information content (AvgIpc) is 2.03. The summed E-state index contributed by atoms with van der Waals surface area (Å²) in [7, 11) is 0. The SMILES string of the molecule is CCCCCCCCCSO. The van der Waals surface area contributed by atoms with Gasteiger partial charge >= 0.3 is 0 Å². The van der Waals surface area contributed by atoms with Gasteiger partial charge in [0, 0.05) is 5.75 Å². The van der Waals surface area contributed by atoms with E-state index >= 15 is 0 Å². The zero-order valence-electron chi connectivity index (χ0n) is 7.51. The van der Waals surface area contributed by atoms with Gasteiger partial charge in [-0.05, 0) is 18.5 Å². The first-order valence-corrected chi connectivity index (χ1v) is 5.62. The molecule has 0 aromatic carbocycles. The summed E-state index contributed by atoms with van der Waals surface area (Å²) in [5.41, 5.74) is 0. The number of unbranched alkanes of at least 4 members (excludes halogenated alkanes) is 6. The van der Waals surface area contributed by atoms with Gasteiger partial charge in [-0.1, -0.05) is 45.4 Å². The molecule has 0 spiro atoms. The van der Waals surface area contributed by atoms with E-state index in [2.05, 4.69) is 6.92 Å². The lowest BCUT2D eigenvalue weighted by atomic mass is 10.1. The monoisotopic (exact) mass is 176 g/mol. The molecule has 0 atom stereocenters. The van der Waals surface area contributed by atoms with E-state index in [0.29, 0.717) is 0 Å². The van der Waals surface area contributed by atoms with Crippen molar-refractivity contribution in [1.29, 1.82) is 0 Å². The molecule has 11 heavy (non-hydrogen) atoms. The summed E-state index contributed by atoms with van der Waals surface area (Å²) in [4.78, 5) is 0. The fraction of sp³-hybridized carbons (Fsp3) is 1.00. The van der Waals surface area contributed by atoms with E-state index in [4.69, 9.17) is 4.55 Å². The minimum atomic E-state index is 0.910. The quantitative estimate of drug-likeness (QED) is 0.446. The molecule has 0 amide bonds. The van der Waals surface area contributed by atoms with Crippen molar-refractivity contribution in [2.75, 3.05) is 5.75 Å². The summed E-state index contributed by atoms with van der Waals surface area (Å²) in [6.45, 7) is 2.24. The van der Waals surface area contributed by atoms with Crippen LogP contribution in [0, 0.1) is 0 Å². The van der Waals surface area contributed by atoms with E-state index in [1.807, 2.05) is 0 Å². The molecule has 0 saturated carbocycles. The fourth-order valence-corrected chi connectivity index (χ4v) is 1.46. The van der Waals surface area contributed by atoms with E-state index < -0.39 is 0 Å². The predicted octanol–water partition coefficient (Wildman–Crippen LogP) is 3.94. The molecule has 0 saturated heterocycles. The van der Waals surface area contributed by atoms with Gasteiger partial charge < -0.3 is 4.55 Å². The van der Waals surface area contributed by atoms with Crippen LogP contribution in [0.2, 0.25) is 0 Å². The number of hydrogen-bond donors (Lipinski definition) is 1. The predicted molar refractivity (Wildman–Crippen MR) is 53.1 cm³/mol. The topological polar surface area (TPSA) is 20.2 Å². The molecule has 0 radical (unpaired) electrons. The molecule has 1 N–H and O–H groups in total. The summed E-state index contributed by atoms with van der Waals surface area (Å²) < 4.78 is 8.42. The maximum absolute atomic E-state index is 8.42. The maximum Gasteiger partial charge on any atom is 0.0195 e. The van der Waals surface area contributed by atoms with Crippen molar-refractivity contribution in [1.82, 2.24) is 0 Å². The average molecular weight is 176 g/mol. The van der Waals surface area contributed by atoms with Crippen molar-refractivity contribution in [3.63, 3.8) is 0 Å². The minimum absolute atomic E-state index is 0.910. The van der Waals surface area contributed by atoms with Gasteiger partial charge in [0.25, 0.3) is 0 Å². The van der Waals surface area contributed by atoms with Crippen LogP contribution in [0.5, 0.6) is 0 Å². The molecule has 0 aliphatic rings. The first-order valence-electron chi connectivity index (χ1n) is 4.68. The van der Waals surface area contributed by atoms with Crippen LogP contribution in [0.1, 0.15) is 51.9 Å². The molecule has 0 aliphatic carbocycles. The molecule has 0 aromatic heterocycles. The highest BCUT2D eigenvalue weighted by Gasteiger charge is 1.89. The van der Waals surface area contributed by atoms with Crippen LogP contribution in [0.3, 0.4) is 0 Å². The van der Waals surface area contributed by atoms with Gasteiger partial charge in [-0.2, -0.15) is 0 Å². The van der Waals surface area contributed by atoms with Crippen molar-refractivity contribution in [3.8, 4) is 0 Å². The molecule has 0 bridgehead atoms. The van der Waals surface area contributed by atoms with Crippen LogP contribution < -0.4 is 0 Å². The van der Waals surface area contributed by atoms with Crippen LogP contribution >= 0.6 is 12.0 Å². The third kappa shape index (κ3) is 10.3. The lowest BCUT2D eigenvalue weighted by Gasteiger charge is -1.98. The molecule has 0 aliphatic heterocycles. The standard InChI is InChI=1S/C9H20OS/c1-2-3-4-5-6-7-8-9-11-10/h10H,2-9H2,1H3. The zero-order valence-corrected chi connectivity index (χ0v) is 8.33. The van der Waals surface area contributed by atoms with Gasteiger partial charge in [-0.25, -0.2) is 0 Å². The third-order valence-electron chi connectivity index (χ3n) is 1.84. The molecule has 68 valence electrons. The highest BCUT2D eigenvalue weighted by atomic mass is 32.2. The number of rotatable bonds is 8. The van der Waals surface area contributed by atoms with Crippen molar-refractivity contribution < 1.29 is 4.55 Å². The van der Waals surface area contributed by atoms with Gasteiger partial charge in [0.05, 0.1) is 0 Å². The van der Waals surface area contributed by atoms with Crippen LogP contribution in [0.25, 0.3) is 0 Å². The van der Waals surface area contributed by atoms with E-state index in [0.717, 1.165) is 17.8 Å². The van der Waals surface area contributed by atoms with Crippen molar-refractivity contribution in [3.05, 3.63) is 0 Å². The van der Waals surface area contributed by atoms with Gasteiger partial charge in [0.1, 0.15) is 0 Å². The molecular formula is C9H20OS. The van der Waals surface area contributed by atoms with Crippen molar-refractivity contribution in [2.24, 2.45) is 0 Å². The second kappa shape index (κ2) is 10.3. The van der Waals surface area contributed by atoms with Crippen molar-refractivity contribution in [2.45, 2.75) is 51.9 Å². The Balaban J connectivity index is 2.69. The Hall–Kier alpha value is 0.310. The first-order chi connectivity index (χ1) is 5.41. The van der Waals surface area contributed by atoms with Crippen LogP contribution in [0.4, 0.5) is 0 Å². The molecule has 1 nitrogen and oxygen atoms in total. The fourth-order valence-electron chi connectivity index (χ4n) is 1.12. The molecule has 0 unspecified atom stereocenters. The highest BCUT2D eigenvalue weighted by molar-refractivity contribution is 7.93. The third-order valence-corrected chi connectivity index (χ3v) is 2.31. The van der Waals surface area contributed by atoms with E-state index in [9.17, 15) is 0 Å². The summed E-state index contributed by atoms with van der Waals surface area (Å²) in [6, 6.07) is 0. The number of hydrogen-bond acceptors (Lipinski definition) is 2. The maximum atomic E-state index is 8.42.